The Morgan fingerprint density at radius 2 is 1.89 bits per heavy atom. The Morgan fingerprint density at radius 1 is 1.22 bits per heavy atom. The van der Waals surface area contributed by atoms with Gasteiger partial charge in [0.2, 0.25) is 0 Å². The Bertz CT molecular complexity index is 358. The SMILES string of the molecule is Cc1nc(N(C)CC(C)C)sc1CNCC(C)C. The largest absolute Gasteiger partial charge is 0.351 e. The molecular formula is C14H27N3S. The predicted octanol–water partition coefficient (Wildman–Crippen LogP) is 3.29. The minimum Gasteiger partial charge on any atom is -0.351 e. The molecule has 0 aromatic carbocycles. The van der Waals surface area contributed by atoms with E-state index in [1.54, 1.807) is 0 Å². The van der Waals surface area contributed by atoms with Crippen molar-refractivity contribution in [2.75, 3.05) is 25.0 Å². The van der Waals surface area contributed by atoms with Gasteiger partial charge in [0.1, 0.15) is 0 Å². The molecule has 0 saturated carbocycles. The number of nitrogens with one attached hydrogen (secondary N) is 1. The fraction of sp³-hybridized carbons (Fsp3) is 0.786. The van der Waals surface area contributed by atoms with Crippen molar-refractivity contribution in [1.82, 2.24) is 10.3 Å². The van der Waals surface area contributed by atoms with Crippen LogP contribution in [-0.2, 0) is 6.54 Å². The lowest BCUT2D eigenvalue weighted by Crippen LogP contribution is -2.22. The van der Waals surface area contributed by atoms with Gasteiger partial charge in [0.05, 0.1) is 5.69 Å². The highest BCUT2D eigenvalue weighted by molar-refractivity contribution is 7.15. The summed E-state index contributed by atoms with van der Waals surface area (Å²) >= 11 is 1.81. The van der Waals surface area contributed by atoms with Crippen LogP contribution in [0, 0.1) is 18.8 Å². The highest BCUT2D eigenvalue weighted by atomic mass is 32.1. The highest BCUT2D eigenvalue weighted by Crippen LogP contribution is 2.25. The van der Waals surface area contributed by atoms with Crippen molar-refractivity contribution in [1.29, 1.82) is 0 Å². The standard InChI is InChI=1S/C14H27N3S/c1-10(2)7-15-8-13-12(5)16-14(18-13)17(6)9-11(3)4/h10-11,15H,7-9H2,1-6H3. The van der Waals surface area contributed by atoms with Crippen LogP contribution in [-0.4, -0.2) is 25.1 Å². The van der Waals surface area contributed by atoms with Crippen molar-refractivity contribution < 1.29 is 0 Å². The van der Waals surface area contributed by atoms with Gasteiger partial charge in [0.25, 0.3) is 0 Å². The number of thiazole rings is 1. The van der Waals surface area contributed by atoms with Crippen LogP contribution >= 0.6 is 11.3 Å². The van der Waals surface area contributed by atoms with Gasteiger partial charge in [-0.05, 0) is 25.3 Å². The number of hydrogen-bond acceptors (Lipinski definition) is 4. The first-order chi connectivity index (χ1) is 8.40. The van der Waals surface area contributed by atoms with Crippen molar-refractivity contribution in [3.05, 3.63) is 10.6 Å². The first-order valence-electron chi connectivity index (χ1n) is 6.78. The Morgan fingerprint density at radius 3 is 2.44 bits per heavy atom. The third kappa shape index (κ3) is 4.94. The van der Waals surface area contributed by atoms with E-state index in [4.69, 9.17) is 0 Å². The molecule has 0 fully saturated rings. The first-order valence-corrected chi connectivity index (χ1v) is 7.60. The minimum absolute atomic E-state index is 0.668. The summed E-state index contributed by atoms with van der Waals surface area (Å²) in [4.78, 5) is 8.29. The molecule has 0 aliphatic rings. The average molecular weight is 269 g/mol. The monoisotopic (exact) mass is 269 g/mol. The summed E-state index contributed by atoms with van der Waals surface area (Å²) in [5, 5.41) is 4.63. The number of aromatic nitrogens is 1. The molecule has 104 valence electrons. The number of hydrogen-bond donors (Lipinski definition) is 1. The number of nitrogens with zero attached hydrogens (tertiary/aromatic N) is 2. The molecule has 0 unspecified atom stereocenters. The van der Waals surface area contributed by atoms with E-state index < -0.39 is 0 Å². The lowest BCUT2D eigenvalue weighted by atomic mass is 10.2. The Labute approximate surface area is 116 Å². The summed E-state index contributed by atoms with van der Waals surface area (Å²) < 4.78 is 0. The maximum atomic E-state index is 4.67. The molecule has 0 saturated heterocycles. The maximum Gasteiger partial charge on any atom is 0.185 e. The van der Waals surface area contributed by atoms with Crippen LogP contribution < -0.4 is 10.2 Å². The van der Waals surface area contributed by atoms with Crippen molar-refractivity contribution >= 4 is 16.5 Å². The third-order valence-corrected chi connectivity index (χ3v) is 3.96. The molecule has 0 aliphatic carbocycles. The quantitative estimate of drug-likeness (QED) is 0.823. The van der Waals surface area contributed by atoms with Crippen LogP contribution in [0.15, 0.2) is 0 Å². The third-order valence-electron chi connectivity index (χ3n) is 2.69. The summed E-state index contributed by atoms with van der Waals surface area (Å²) in [6.45, 7) is 14.1. The van der Waals surface area contributed by atoms with E-state index in [2.05, 4.69) is 56.9 Å². The minimum atomic E-state index is 0.668. The summed E-state index contributed by atoms with van der Waals surface area (Å²) in [6.07, 6.45) is 0. The molecule has 18 heavy (non-hydrogen) atoms. The second kappa shape index (κ2) is 7.10. The zero-order chi connectivity index (χ0) is 13.7. The van der Waals surface area contributed by atoms with E-state index >= 15 is 0 Å². The molecule has 1 N–H and O–H groups in total. The zero-order valence-electron chi connectivity index (χ0n) is 12.6. The molecule has 3 nitrogen and oxygen atoms in total. The Balaban J connectivity index is 2.58. The fourth-order valence-electron chi connectivity index (χ4n) is 1.84. The van der Waals surface area contributed by atoms with Crippen LogP contribution in [0.25, 0.3) is 0 Å². The normalized spacial score (nSPS) is 11.6. The average Bonchev–Trinajstić information content (AvgIpc) is 2.59. The summed E-state index contributed by atoms with van der Waals surface area (Å²) in [5.74, 6) is 1.36. The molecule has 0 aliphatic heterocycles. The summed E-state index contributed by atoms with van der Waals surface area (Å²) in [7, 11) is 2.13. The summed E-state index contributed by atoms with van der Waals surface area (Å²) in [6, 6.07) is 0. The zero-order valence-corrected chi connectivity index (χ0v) is 13.4. The maximum absolute atomic E-state index is 4.67. The molecule has 0 amide bonds. The van der Waals surface area contributed by atoms with Crippen molar-refractivity contribution in [3.8, 4) is 0 Å². The second-order valence-corrected chi connectivity index (χ2v) is 6.87. The molecule has 0 radical (unpaired) electrons. The molecular weight excluding hydrogens is 242 g/mol. The second-order valence-electron chi connectivity index (χ2n) is 5.80. The van der Waals surface area contributed by atoms with E-state index in [0.29, 0.717) is 11.8 Å². The topological polar surface area (TPSA) is 28.2 Å². The Kier molecular flexibility index (Phi) is 6.09. The fourth-order valence-corrected chi connectivity index (χ4v) is 2.84. The Hall–Kier alpha value is -0.610. The predicted molar refractivity (Wildman–Crippen MR) is 81.5 cm³/mol. The van der Waals surface area contributed by atoms with Gasteiger partial charge in [-0.3, -0.25) is 0 Å². The molecule has 0 spiro atoms. The molecule has 0 bridgehead atoms. The van der Waals surface area contributed by atoms with E-state index in [1.165, 1.54) is 10.6 Å². The van der Waals surface area contributed by atoms with Crippen LogP contribution in [0.4, 0.5) is 5.13 Å². The van der Waals surface area contributed by atoms with Gasteiger partial charge in [-0.25, -0.2) is 4.98 Å². The van der Waals surface area contributed by atoms with Gasteiger partial charge in [-0.15, -0.1) is 11.3 Å². The first kappa shape index (κ1) is 15.4. The molecule has 1 heterocycles. The van der Waals surface area contributed by atoms with E-state index in [9.17, 15) is 0 Å². The number of anilines is 1. The van der Waals surface area contributed by atoms with Crippen LogP contribution in [0.1, 0.15) is 38.3 Å². The molecule has 0 atom stereocenters. The van der Waals surface area contributed by atoms with E-state index in [0.717, 1.165) is 24.8 Å². The van der Waals surface area contributed by atoms with Gasteiger partial charge in [0.15, 0.2) is 5.13 Å². The van der Waals surface area contributed by atoms with E-state index in [-0.39, 0.29) is 0 Å². The van der Waals surface area contributed by atoms with Gasteiger partial charge in [-0.2, -0.15) is 0 Å². The van der Waals surface area contributed by atoms with E-state index in [1.807, 2.05) is 11.3 Å². The number of aryl methyl sites for hydroxylation is 1. The van der Waals surface area contributed by atoms with Crippen molar-refractivity contribution in [2.24, 2.45) is 11.8 Å². The van der Waals surface area contributed by atoms with Gasteiger partial charge >= 0.3 is 0 Å². The lowest BCUT2D eigenvalue weighted by molar-refractivity contribution is 0.554. The smallest absolute Gasteiger partial charge is 0.185 e. The highest BCUT2D eigenvalue weighted by Gasteiger charge is 2.11. The van der Waals surface area contributed by atoms with Crippen LogP contribution in [0.3, 0.4) is 0 Å². The molecule has 1 rings (SSSR count). The van der Waals surface area contributed by atoms with Crippen LogP contribution in [0.5, 0.6) is 0 Å². The van der Waals surface area contributed by atoms with Crippen molar-refractivity contribution in [3.63, 3.8) is 0 Å². The van der Waals surface area contributed by atoms with Gasteiger partial charge < -0.3 is 10.2 Å². The van der Waals surface area contributed by atoms with Gasteiger partial charge in [0, 0.05) is 25.0 Å². The van der Waals surface area contributed by atoms with Gasteiger partial charge in [-0.1, -0.05) is 27.7 Å². The van der Waals surface area contributed by atoms with Crippen molar-refractivity contribution in [2.45, 2.75) is 41.2 Å². The lowest BCUT2D eigenvalue weighted by Gasteiger charge is -2.17. The summed E-state index contributed by atoms with van der Waals surface area (Å²) in [5.41, 5.74) is 1.17. The van der Waals surface area contributed by atoms with Crippen LogP contribution in [0.2, 0.25) is 0 Å². The molecule has 1 aromatic rings. The number of rotatable bonds is 7. The molecule has 4 heteroatoms. The molecule has 1 aromatic heterocycles.